The summed E-state index contributed by atoms with van der Waals surface area (Å²) >= 11 is 0. The highest BCUT2D eigenvalue weighted by molar-refractivity contribution is 6.05. The highest BCUT2D eigenvalue weighted by atomic mass is 19.1. The number of nitrogens with zero attached hydrogens (tertiary/aromatic N) is 2. The number of hydrogen-bond acceptors (Lipinski definition) is 5. The minimum Gasteiger partial charge on any atom is -0.454 e. The van der Waals surface area contributed by atoms with Crippen molar-refractivity contribution in [1.29, 1.82) is 0 Å². The second kappa shape index (κ2) is 9.19. The summed E-state index contributed by atoms with van der Waals surface area (Å²) in [5.74, 6) is 0.777. The molecule has 1 atom stereocenters. The minimum absolute atomic E-state index is 0.0736. The highest BCUT2D eigenvalue weighted by Gasteiger charge is 2.31. The average Bonchev–Trinajstić information content (AvgIpc) is 3.57. The molecule has 0 bridgehead atoms. The quantitative estimate of drug-likeness (QED) is 0.372. The number of carbonyl (C=O) groups is 1. The summed E-state index contributed by atoms with van der Waals surface area (Å²) in [5.41, 5.74) is 4.94. The molecule has 0 aliphatic carbocycles. The zero-order valence-corrected chi connectivity index (χ0v) is 19.2. The molecule has 1 amide bonds. The molecule has 2 heterocycles. The van der Waals surface area contributed by atoms with Gasteiger partial charge in [-0.2, -0.15) is 5.10 Å². The van der Waals surface area contributed by atoms with Crippen molar-refractivity contribution in [3.8, 4) is 11.5 Å². The van der Waals surface area contributed by atoms with Crippen LogP contribution in [-0.2, 0) is 0 Å². The number of fused-ring (bicyclic) bond motifs is 1. The molecule has 1 unspecified atom stereocenters. The molecule has 4 aromatic carbocycles. The Morgan fingerprint density at radius 2 is 1.69 bits per heavy atom. The van der Waals surface area contributed by atoms with Gasteiger partial charge < -0.3 is 14.8 Å². The van der Waals surface area contributed by atoms with Gasteiger partial charge in [-0.3, -0.25) is 9.80 Å². The van der Waals surface area contributed by atoms with Crippen LogP contribution in [0.1, 0.15) is 33.9 Å². The van der Waals surface area contributed by atoms with E-state index < -0.39 is 0 Å². The standard InChI is InChI=1S/C29H22FN3O3/c30-22-12-9-19(10-13-22)29(34)31-23-6-4-5-21(15-23)26-17-25(32-33(26)24-7-2-1-3-8-24)20-11-14-27-28(16-20)36-18-35-27/h1-16,26H,17-18H2,(H,31,34). The van der Waals surface area contributed by atoms with Gasteiger partial charge in [0, 0.05) is 23.2 Å². The maximum absolute atomic E-state index is 13.2. The molecule has 36 heavy (non-hydrogen) atoms. The predicted molar refractivity (Wildman–Crippen MR) is 136 cm³/mol. The van der Waals surface area contributed by atoms with Crippen LogP contribution in [0.15, 0.2) is 102 Å². The number of benzene rings is 4. The molecule has 0 saturated carbocycles. The summed E-state index contributed by atoms with van der Waals surface area (Å²) in [6, 6.07) is 29.0. The molecule has 2 aliphatic rings. The molecule has 0 spiro atoms. The van der Waals surface area contributed by atoms with Crippen LogP contribution < -0.4 is 19.8 Å². The number of anilines is 2. The molecule has 2 aliphatic heterocycles. The number of hydrogen-bond donors (Lipinski definition) is 1. The van der Waals surface area contributed by atoms with Crippen molar-refractivity contribution in [2.75, 3.05) is 17.1 Å². The number of amides is 1. The topological polar surface area (TPSA) is 63.2 Å². The normalized spacial score (nSPS) is 16.1. The second-order valence-electron chi connectivity index (χ2n) is 8.60. The molecule has 0 fully saturated rings. The van der Waals surface area contributed by atoms with E-state index in [-0.39, 0.29) is 24.6 Å². The number of carbonyl (C=O) groups excluding carboxylic acids is 1. The third kappa shape index (κ3) is 4.27. The number of rotatable bonds is 5. The molecule has 6 nitrogen and oxygen atoms in total. The maximum atomic E-state index is 13.2. The summed E-state index contributed by atoms with van der Waals surface area (Å²) in [4.78, 5) is 12.7. The molecular weight excluding hydrogens is 457 g/mol. The van der Waals surface area contributed by atoms with Crippen molar-refractivity contribution >= 4 is 23.0 Å². The van der Waals surface area contributed by atoms with Gasteiger partial charge in [-0.1, -0.05) is 30.3 Å². The Bertz CT molecular complexity index is 1450. The molecule has 0 saturated heterocycles. The van der Waals surface area contributed by atoms with Crippen LogP contribution in [-0.4, -0.2) is 18.4 Å². The Hall–Kier alpha value is -4.65. The number of ether oxygens (including phenoxy) is 2. The zero-order chi connectivity index (χ0) is 24.5. The lowest BCUT2D eigenvalue weighted by Crippen LogP contribution is -2.19. The lowest BCUT2D eigenvalue weighted by Gasteiger charge is -2.24. The van der Waals surface area contributed by atoms with E-state index >= 15 is 0 Å². The first-order valence-corrected chi connectivity index (χ1v) is 11.6. The molecule has 0 radical (unpaired) electrons. The molecule has 0 aromatic heterocycles. The van der Waals surface area contributed by atoms with E-state index in [1.54, 1.807) is 0 Å². The van der Waals surface area contributed by atoms with E-state index in [2.05, 4.69) is 5.32 Å². The van der Waals surface area contributed by atoms with Gasteiger partial charge in [0.25, 0.3) is 5.91 Å². The SMILES string of the molecule is O=C(Nc1cccc(C2CC(c3ccc4c(c3)OCO4)=NN2c2ccccc2)c1)c1ccc(F)cc1. The lowest BCUT2D eigenvalue weighted by molar-refractivity contribution is 0.102. The van der Waals surface area contributed by atoms with Crippen molar-refractivity contribution in [1.82, 2.24) is 0 Å². The van der Waals surface area contributed by atoms with E-state index in [0.29, 0.717) is 17.7 Å². The maximum Gasteiger partial charge on any atom is 0.255 e. The smallest absolute Gasteiger partial charge is 0.255 e. The van der Waals surface area contributed by atoms with Gasteiger partial charge in [0.2, 0.25) is 6.79 Å². The van der Waals surface area contributed by atoms with E-state index in [4.69, 9.17) is 14.6 Å². The van der Waals surface area contributed by atoms with Crippen LogP contribution in [0.3, 0.4) is 0 Å². The van der Waals surface area contributed by atoms with Gasteiger partial charge in [-0.05, 0) is 72.3 Å². The lowest BCUT2D eigenvalue weighted by atomic mass is 9.97. The van der Waals surface area contributed by atoms with E-state index in [1.807, 2.05) is 77.8 Å². The monoisotopic (exact) mass is 479 g/mol. The van der Waals surface area contributed by atoms with Crippen molar-refractivity contribution in [3.63, 3.8) is 0 Å². The van der Waals surface area contributed by atoms with E-state index in [0.717, 1.165) is 34.0 Å². The van der Waals surface area contributed by atoms with Crippen LogP contribution in [0, 0.1) is 5.82 Å². The molecule has 4 aromatic rings. The second-order valence-corrected chi connectivity index (χ2v) is 8.60. The van der Waals surface area contributed by atoms with Crippen LogP contribution in [0.2, 0.25) is 0 Å². The Kier molecular flexibility index (Phi) is 5.58. The van der Waals surface area contributed by atoms with Crippen LogP contribution in [0.25, 0.3) is 0 Å². The molecule has 6 rings (SSSR count). The Morgan fingerprint density at radius 1 is 0.889 bits per heavy atom. The predicted octanol–water partition coefficient (Wildman–Crippen LogP) is 6.16. The van der Waals surface area contributed by atoms with Crippen LogP contribution in [0.5, 0.6) is 11.5 Å². The fraction of sp³-hybridized carbons (Fsp3) is 0.103. The fourth-order valence-electron chi connectivity index (χ4n) is 4.47. The van der Waals surface area contributed by atoms with Crippen molar-refractivity contribution < 1.29 is 18.7 Å². The molecule has 7 heteroatoms. The molecular formula is C29H22FN3O3. The third-order valence-corrected chi connectivity index (χ3v) is 6.27. The molecule has 178 valence electrons. The average molecular weight is 480 g/mol. The Morgan fingerprint density at radius 3 is 2.53 bits per heavy atom. The highest BCUT2D eigenvalue weighted by Crippen LogP contribution is 2.39. The van der Waals surface area contributed by atoms with E-state index in [1.165, 1.54) is 24.3 Å². The van der Waals surface area contributed by atoms with Crippen LogP contribution in [0.4, 0.5) is 15.8 Å². The Labute approximate surface area is 207 Å². The summed E-state index contributed by atoms with van der Waals surface area (Å²) in [5, 5.41) is 9.92. The van der Waals surface area contributed by atoms with Gasteiger partial charge in [0.05, 0.1) is 17.4 Å². The van der Waals surface area contributed by atoms with Crippen molar-refractivity contribution in [2.45, 2.75) is 12.5 Å². The summed E-state index contributed by atoms with van der Waals surface area (Å²) < 4.78 is 24.3. The first kappa shape index (κ1) is 21.9. The zero-order valence-electron chi connectivity index (χ0n) is 19.2. The van der Waals surface area contributed by atoms with Gasteiger partial charge in [0.15, 0.2) is 11.5 Å². The number of para-hydroxylation sites is 1. The van der Waals surface area contributed by atoms with Crippen molar-refractivity contribution in [3.05, 3.63) is 120 Å². The fourth-order valence-corrected chi connectivity index (χ4v) is 4.47. The summed E-state index contributed by atoms with van der Waals surface area (Å²) in [7, 11) is 0. The van der Waals surface area contributed by atoms with Gasteiger partial charge in [0.1, 0.15) is 5.82 Å². The minimum atomic E-state index is -0.381. The first-order valence-electron chi connectivity index (χ1n) is 11.6. The number of hydrazone groups is 1. The van der Waals surface area contributed by atoms with Crippen LogP contribution >= 0.6 is 0 Å². The van der Waals surface area contributed by atoms with Gasteiger partial charge in [-0.15, -0.1) is 0 Å². The number of nitrogens with one attached hydrogen (secondary N) is 1. The van der Waals surface area contributed by atoms with Crippen molar-refractivity contribution in [2.24, 2.45) is 5.10 Å². The Balaban J connectivity index is 1.30. The summed E-state index contributed by atoms with van der Waals surface area (Å²) in [6.07, 6.45) is 0.671. The molecule has 1 N–H and O–H groups in total. The first-order chi connectivity index (χ1) is 17.6. The van der Waals surface area contributed by atoms with E-state index in [9.17, 15) is 9.18 Å². The summed E-state index contributed by atoms with van der Waals surface area (Å²) in [6.45, 7) is 0.223. The van der Waals surface area contributed by atoms with Gasteiger partial charge in [-0.25, -0.2) is 4.39 Å². The third-order valence-electron chi connectivity index (χ3n) is 6.27. The number of halogens is 1. The largest absolute Gasteiger partial charge is 0.454 e. The van der Waals surface area contributed by atoms with Gasteiger partial charge >= 0.3 is 0 Å².